The molecule has 0 radical (unpaired) electrons. The van der Waals surface area contributed by atoms with Crippen LogP contribution in [0.15, 0.2) is 74.3 Å². The van der Waals surface area contributed by atoms with Crippen LogP contribution >= 0.6 is 31.9 Å². The normalized spacial score (nSPS) is 11.2. The summed E-state index contributed by atoms with van der Waals surface area (Å²) in [4.78, 5) is 21.0. The van der Waals surface area contributed by atoms with E-state index in [1.807, 2.05) is 24.3 Å². The third-order valence-corrected chi connectivity index (χ3v) is 5.14. The van der Waals surface area contributed by atoms with Crippen LogP contribution in [0.3, 0.4) is 0 Å². The van der Waals surface area contributed by atoms with Gasteiger partial charge in [-0.2, -0.15) is 0 Å². The number of hydrogen-bond acceptors (Lipinski definition) is 5. The maximum absolute atomic E-state index is 12.4. The monoisotopic (exact) mass is 527 g/mol. The van der Waals surface area contributed by atoms with Crippen molar-refractivity contribution < 1.29 is 13.9 Å². The fourth-order valence-electron chi connectivity index (χ4n) is 2.84. The molecule has 0 bridgehead atoms. The smallest absolute Gasteiger partial charge is 0.248 e. The lowest BCUT2D eigenvalue weighted by atomic mass is 10.2. The van der Waals surface area contributed by atoms with E-state index in [2.05, 4.69) is 47.1 Å². The summed E-state index contributed by atoms with van der Waals surface area (Å²) in [5, 5.41) is 2.83. The van der Waals surface area contributed by atoms with Gasteiger partial charge in [0.15, 0.2) is 5.58 Å². The molecule has 0 aliphatic heterocycles. The number of pyridine rings is 1. The number of carbonyl (C=O) groups is 1. The number of methoxy groups -OCH3 is 1. The van der Waals surface area contributed by atoms with Crippen LogP contribution in [0.1, 0.15) is 5.56 Å². The SMILES string of the molecule is COc1ccc(Br)cc1C=CC(=O)Nc1ccc2oc(-c3cncc(Br)c3)nc2c1. The first kappa shape index (κ1) is 20.3. The topological polar surface area (TPSA) is 77.2 Å². The number of amides is 1. The van der Waals surface area contributed by atoms with E-state index < -0.39 is 0 Å². The molecule has 150 valence electrons. The molecule has 0 aliphatic carbocycles. The van der Waals surface area contributed by atoms with E-state index in [0.717, 1.165) is 20.1 Å². The summed E-state index contributed by atoms with van der Waals surface area (Å²) in [7, 11) is 1.59. The lowest BCUT2D eigenvalue weighted by Gasteiger charge is -2.05. The molecule has 2 aromatic heterocycles. The number of fused-ring (bicyclic) bond motifs is 1. The summed E-state index contributed by atoms with van der Waals surface area (Å²) in [5.41, 5.74) is 3.43. The number of nitrogens with zero attached hydrogens (tertiary/aromatic N) is 2. The maximum Gasteiger partial charge on any atom is 0.248 e. The average molecular weight is 529 g/mol. The van der Waals surface area contributed by atoms with Gasteiger partial charge in [0.2, 0.25) is 11.8 Å². The van der Waals surface area contributed by atoms with Crippen molar-refractivity contribution in [1.29, 1.82) is 0 Å². The Kier molecular flexibility index (Phi) is 5.96. The van der Waals surface area contributed by atoms with Crippen molar-refractivity contribution >= 4 is 60.6 Å². The van der Waals surface area contributed by atoms with Crippen LogP contribution in [0.5, 0.6) is 5.75 Å². The summed E-state index contributed by atoms with van der Waals surface area (Å²) in [6.07, 6.45) is 6.53. The second kappa shape index (κ2) is 8.81. The summed E-state index contributed by atoms with van der Waals surface area (Å²) in [6.45, 7) is 0. The molecule has 0 saturated carbocycles. The van der Waals surface area contributed by atoms with Gasteiger partial charge in [0.1, 0.15) is 11.3 Å². The zero-order valence-electron chi connectivity index (χ0n) is 15.7. The van der Waals surface area contributed by atoms with Gasteiger partial charge in [0, 0.05) is 38.7 Å². The molecule has 0 fully saturated rings. The van der Waals surface area contributed by atoms with E-state index in [1.165, 1.54) is 6.08 Å². The lowest BCUT2D eigenvalue weighted by molar-refractivity contribution is -0.111. The predicted octanol–water partition coefficient (Wildman–Crippen LogP) is 6.08. The second-order valence-corrected chi connectivity index (χ2v) is 8.13. The van der Waals surface area contributed by atoms with E-state index >= 15 is 0 Å². The van der Waals surface area contributed by atoms with E-state index in [4.69, 9.17) is 9.15 Å². The Bertz CT molecular complexity index is 1270. The largest absolute Gasteiger partial charge is 0.496 e. The summed E-state index contributed by atoms with van der Waals surface area (Å²) >= 11 is 6.81. The maximum atomic E-state index is 12.4. The van der Waals surface area contributed by atoms with Crippen molar-refractivity contribution in [3.05, 3.63) is 75.4 Å². The molecule has 1 N–H and O–H groups in total. The average Bonchev–Trinajstić information content (AvgIpc) is 3.16. The molecule has 1 amide bonds. The minimum atomic E-state index is -0.267. The van der Waals surface area contributed by atoms with Gasteiger partial charge >= 0.3 is 0 Å². The number of hydrogen-bond donors (Lipinski definition) is 1. The van der Waals surface area contributed by atoms with Crippen molar-refractivity contribution in [3.63, 3.8) is 0 Å². The molecule has 0 unspecified atom stereocenters. The van der Waals surface area contributed by atoms with Gasteiger partial charge in [-0.1, -0.05) is 15.9 Å². The quantitative estimate of drug-likeness (QED) is 0.318. The fraction of sp³-hybridized carbons (Fsp3) is 0.0455. The number of carbonyl (C=O) groups excluding carboxylic acids is 1. The van der Waals surface area contributed by atoms with E-state index in [9.17, 15) is 4.79 Å². The van der Waals surface area contributed by atoms with Crippen LogP contribution in [0.25, 0.3) is 28.6 Å². The number of halogens is 2. The minimum absolute atomic E-state index is 0.267. The van der Waals surface area contributed by atoms with E-state index in [1.54, 1.807) is 43.8 Å². The van der Waals surface area contributed by atoms with Gasteiger partial charge in [0.05, 0.1) is 12.7 Å². The van der Waals surface area contributed by atoms with Crippen LogP contribution in [-0.2, 0) is 4.79 Å². The number of aromatic nitrogens is 2. The van der Waals surface area contributed by atoms with Crippen molar-refractivity contribution in [1.82, 2.24) is 9.97 Å². The van der Waals surface area contributed by atoms with Crippen molar-refractivity contribution in [2.24, 2.45) is 0 Å². The highest BCUT2D eigenvalue weighted by Gasteiger charge is 2.10. The molecular formula is C22H15Br2N3O3. The Morgan fingerprint density at radius 2 is 1.97 bits per heavy atom. The summed E-state index contributed by atoms with van der Waals surface area (Å²) in [5.74, 6) is 0.876. The van der Waals surface area contributed by atoms with Gasteiger partial charge in [0.25, 0.3) is 0 Å². The number of nitrogens with one attached hydrogen (secondary N) is 1. The fourth-order valence-corrected chi connectivity index (χ4v) is 3.59. The van der Waals surface area contributed by atoms with E-state index in [-0.39, 0.29) is 5.91 Å². The highest BCUT2D eigenvalue weighted by molar-refractivity contribution is 9.10. The molecule has 4 rings (SSSR count). The van der Waals surface area contributed by atoms with Crippen LogP contribution in [0.4, 0.5) is 5.69 Å². The van der Waals surface area contributed by atoms with Crippen LogP contribution in [0.2, 0.25) is 0 Å². The third-order valence-electron chi connectivity index (χ3n) is 4.21. The molecule has 30 heavy (non-hydrogen) atoms. The molecule has 2 aromatic carbocycles. The van der Waals surface area contributed by atoms with Gasteiger partial charge in [-0.25, -0.2) is 4.98 Å². The zero-order chi connectivity index (χ0) is 21.1. The van der Waals surface area contributed by atoms with Crippen LogP contribution in [-0.4, -0.2) is 23.0 Å². The van der Waals surface area contributed by atoms with Crippen molar-refractivity contribution in [2.45, 2.75) is 0 Å². The molecule has 0 saturated heterocycles. The summed E-state index contributed by atoms with van der Waals surface area (Å²) < 4.78 is 12.8. The molecular weight excluding hydrogens is 514 g/mol. The van der Waals surface area contributed by atoms with E-state index in [0.29, 0.717) is 28.4 Å². The second-order valence-electron chi connectivity index (χ2n) is 6.30. The molecule has 0 atom stereocenters. The number of benzene rings is 2. The standard InChI is InChI=1S/C22H15Br2N3O3/c1-29-19-5-3-15(23)8-13(19)2-7-21(28)26-17-4-6-20-18(10-17)27-22(30-20)14-9-16(24)12-25-11-14/h2-12H,1H3,(H,26,28). The zero-order valence-corrected chi connectivity index (χ0v) is 18.9. The highest BCUT2D eigenvalue weighted by atomic mass is 79.9. The molecule has 4 aromatic rings. The Hall–Kier alpha value is -2.97. The first-order chi connectivity index (χ1) is 14.5. The van der Waals surface area contributed by atoms with Crippen LogP contribution < -0.4 is 10.1 Å². The Balaban J connectivity index is 1.52. The number of anilines is 1. The number of oxazole rings is 1. The molecule has 0 aliphatic rings. The Morgan fingerprint density at radius 3 is 2.77 bits per heavy atom. The molecule has 8 heteroatoms. The van der Waals surface area contributed by atoms with Gasteiger partial charge in [-0.3, -0.25) is 9.78 Å². The molecule has 2 heterocycles. The predicted molar refractivity (Wildman–Crippen MR) is 123 cm³/mol. The minimum Gasteiger partial charge on any atom is -0.496 e. The summed E-state index contributed by atoms with van der Waals surface area (Å²) in [6, 6.07) is 12.8. The molecule has 6 nitrogen and oxygen atoms in total. The highest BCUT2D eigenvalue weighted by Crippen LogP contribution is 2.27. The number of rotatable bonds is 5. The molecule has 0 spiro atoms. The number of ether oxygens (including phenoxy) is 1. The van der Waals surface area contributed by atoms with Crippen molar-refractivity contribution in [2.75, 3.05) is 12.4 Å². The lowest BCUT2D eigenvalue weighted by Crippen LogP contribution is -2.07. The first-order valence-electron chi connectivity index (χ1n) is 8.86. The van der Waals surface area contributed by atoms with Crippen LogP contribution in [0, 0.1) is 0 Å². The Morgan fingerprint density at radius 1 is 1.10 bits per heavy atom. The Labute approximate surface area is 189 Å². The third kappa shape index (κ3) is 4.60. The van der Waals surface area contributed by atoms with Gasteiger partial charge in [-0.15, -0.1) is 0 Å². The first-order valence-corrected chi connectivity index (χ1v) is 10.4. The van der Waals surface area contributed by atoms with Crippen molar-refractivity contribution in [3.8, 4) is 17.2 Å². The van der Waals surface area contributed by atoms with Gasteiger partial charge in [-0.05, 0) is 64.5 Å². The van der Waals surface area contributed by atoms with Gasteiger partial charge < -0.3 is 14.5 Å².